The number of ether oxygens (including phenoxy) is 2. The van der Waals surface area contributed by atoms with Crippen molar-refractivity contribution in [3.8, 4) is 11.5 Å². The lowest BCUT2D eigenvalue weighted by Gasteiger charge is -2.38. The number of carbonyl (C=O) groups excluding carboxylic acids is 1. The molecule has 1 aliphatic rings. The second kappa shape index (κ2) is 11.9. The van der Waals surface area contributed by atoms with Crippen LogP contribution in [-0.2, 0) is 11.8 Å². The Hall–Kier alpha value is -4.90. The van der Waals surface area contributed by atoms with Gasteiger partial charge < -0.3 is 29.5 Å². The molecule has 0 fully saturated rings. The van der Waals surface area contributed by atoms with Crippen molar-refractivity contribution in [3.63, 3.8) is 0 Å². The van der Waals surface area contributed by atoms with E-state index < -0.39 is 0 Å². The summed E-state index contributed by atoms with van der Waals surface area (Å²) in [5.41, 5.74) is 3.92. The van der Waals surface area contributed by atoms with Crippen LogP contribution < -0.4 is 30.1 Å². The molecule has 0 saturated heterocycles. The van der Waals surface area contributed by atoms with Crippen LogP contribution in [0.15, 0.2) is 66.1 Å². The zero-order chi connectivity index (χ0) is 30.0. The molecule has 0 bridgehead atoms. The molecule has 4 aromatic rings. The number of nitrogens with zero attached hydrogens (tertiary/aromatic N) is 6. The van der Waals surface area contributed by atoms with Gasteiger partial charge in [-0.05, 0) is 56.9 Å². The highest BCUT2D eigenvalue weighted by Crippen LogP contribution is 2.39. The number of likely N-dealkylation sites (N-methyl/N-ethyl adjacent to an activating group) is 1. The van der Waals surface area contributed by atoms with Crippen molar-refractivity contribution in [3.05, 3.63) is 77.2 Å². The fourth-order valence-electron chi connectivity index (χ4n) is 5.04. The Morgan fingerprint density at radius 2 is 1.98 bits per heavy atom. The molecule has 11 heteroatoms. The van der Waals surface area contributed by atoms with E-state index in [1.54, 1.807) is 31.3 Å². The first-order chi connectivity index (χ1) is 20.2. The van der Waals surface area contributed by atoms with Gasteiger partial charge in [-0.3, -0.25) is 14.2 Å². The molecule has 2 aromatic heterocycles. The number of nitrogens with one attached hydrogen (secondary N) is 1. The summed E-state index contributed by atoms with van der Waals surface area (Å²) in [6.07, 6.45) is 3.00. The molecule has 0 radical (unpaired) electrons. The zero-order valence-electron chi connectivity index (χ0n) is 24.5. The molecule has 0 aliphatic carbocycles. The first-order valence-electron chi connectivity index (χ1n) is 13.6. The molecule has 42 heavy (non-hydrogen) atoms. The third-order valence-corrected chi connectivity index (χ3v) is 7.21. The Balaban J connectivity index is 1.46. The van der Waals surface area contributed by atoms with Crippen LogP contribution in [0.25, 0.3) is 11.0 Å². The van der Waals surface area contributed by atoms with Crippen LogP contribution in [0.4, 0.5) is 28.7 Å². The van der Waals surface area contributed by atoms with E-state index in [4.69, 9.17) is 9.47 Å². The maximum Gasteiger partial charge on any atom is 0.275 e. The normalized spacial score (nSPS) is 12.8. The average Bonchev–Trinajstić information content (AvgIpc) is 2.99. The maximum atomic E-state index is 13.7. The van der Waals surface area contributed by atoms with Crippen molar-refractivity contribution < 1.29 is 14.3 Å². The molecule has 11 nitrogen and oxygen atoms in total. The number of pyridine rings is 1. The number of fused-ring (bicyclic) bond motifs is 2. The van der Waals surface area contributed by atoms with E-state index in [0.29, 0.717) is 59.6 Å². The molecule has 3 heterocycles. The van der Waals surface area contributed by atoms with Crippen LogP contribution >= 0.6 is 0 Å². The molecule has 1 aliphatic heterocycles. The van der Waals surface area contributed by atoms with E-state index in [9.17, 15) is 9.59 Å². The molecule has 218 valence electrons. The van der Waals surface area contributed by atoms with Gasteiger partial charge in [-0.1, -0.05) is 18.7 Å². The minimum atomic E-state index is -0.208. The van der Waals surface area contributed by atoms with Crippen LogP contribution in [0.1, 0.15) is 5.56 Å². The van der Waals surface area contributed by atoms with Crippen LogP contribution in [0.5, 0.6) is 11.5 Å². The van der Waals surface area contributed by atoms with Crippen molar-refractivity contribution in [1.29, 1.82) is 0 Å². The number of carbonyl (C=O) groups is 1. The number of amides is 1. The lowest BCUT2D eigenvalue weighted by atomic mass is 10.1. The summed E-state index contributed by atoms with van der Waals surface area (Å²) >= 11 is 0. The zero-order valence-corrected chi connectivity index (χ0v) is 24.5. The van der Waals surface area contributed by atoms with Crippen LogP contribution in [0.3, 0.4) is 0 Å². The highest BCUT2D eigenvalue weighted by Gasteiger charge is 2.29. The van der Waals surface area contributed by atoms with Crippen molar-refractivity contribution in [1.82, 2.24) is 19.4 Å². The highest BCUT2D eigenvalue weighted by molar-refractivity contribution is 6.05. The third kappa shape index (κ3) is 5.51. The number of hydrogen-bond acceptors (Lipinski definition) is 9. The molecule has 5 rings (SSSR count). The van der Waals surface area contributed by atoms with Gasteiger partial charge in [0.15, 0.2) is 0 Å². The Kier molecular flexibility index (Phi) is 8.12. The van der Waals surface area contributed by atoms with Crippen LogP contribution in [0, 0.1) is 6.92 Å². The molecular formula is C31H35N7O4. The first kappa shape index (κ1) is 28.6. The molecule has 0 spiro atoms. The Bertz CT molecular complexity index is 1720. The van der Waals surface area contributed by atoms with Gasteiger partial charge in [0.2, 0.25) is 5.95 Å². The molecule has 2 aromatic carbocycles. The minimum absolute atomic E-state index is 0.173. The average molecular weight is 570 g/mol. The monoisotopic (exact) mass is 569 g/mol. The second-order valence-electron chi connectivity index (χ2n) is 10.3. The second-order valence-corrected chi connectivity index (χ2v) is 10.3. The standard InChI is InChI=1S/C31H35N7O4/c1-7-27(39)38-14-13-37(24-10-8-9-20(2)28(24)38)25-17-21-19-32-31(34-29(21)36(5)30(25)40)33-23-12-11-22(18-26(23)41-6)42-16-15-35(3)4/h7-12,17-19H,1,13-16H2,2-6H3,(H,32,33,34). The number of aryl methyl sites for hydroxylation is 2. The summed E-state index contributed by atoms with van der Waals surface area (Å²) in [4.78, 5) is 41.2. The van der Waals surface area contributed by atoms with E-state index >= 15 is 0 Å². The molecule has 0 saturated carbocycles. The van der Waals surface area contributed by atoms with Gasteiger partial charge in [-0.2, -0.15) is 4.98 Å². The topological polar surface area (TPSA) is 105 Å². The lowest BCUT2D eigenvalue weighted by Crippen LogP contribution is -2.43. The van der Waals surface area contributed by atoms with Gasteiger partial charge in [-0.15, -0.1) is 0 Å². The summed E-state index contributed by atoms with van der Waals surface area (Å²) in [5.74, 6) is 1.42. The van der Waals surface area contributed by atoms with Gasteiger partial charge in [0, 0.05) is 44.3 Å². The molecule has 0 unspecified atom stereocenters. The van der Waals surface area contributed by atoms with Gasteiger partial charge in [0.05, 0.1) is 24.2 Å². The number of methoxy groups -OCH3 is 1. The Morgan fingerprint density at radius 3 is 2.71 bits per heavy atom. The van der Waals surface area contributed by atoms with E-state index in [-0.39, 0.29) is 11.5 Å². The number of aromatic nitrogens is 3. The number of anilines is 5. The first-order valence-corrected chi connectivity index (χ1v) is 13.6. The number of para-hydroxylation sites is 1. The molecular weight excluding hydrogens is 534 g/mol. The van der Waals surface area contributed by atoms with E-state index in [2.05, 4.69) is 21.9 Å². The van der Waals surface area contributed by atoms with E-state index in [1.165, 1.54) is 10.6 Å². The minimum Gasteiger partial charge on any atom is -0.494 e. The Labute approximate surface area is 244 Å². The highest BCUT2D eigenvalue weighted by atomic mass is 16.5. The van der Waals surface area contributed by atoms with E-state index in [0.717, 1.165) is 23.5 Å². The van der Waals surface area contributed by atoms with Crippen LogP contribution in [-0.4, -0.2) is 72.8 Å². The predicted molar refractivity (Wildman–Crippen MR) is 166 cm³/mol. The summed E-state index contributed by atoms with van der Waals surface area (Å²) in [7, 11) is 7.26. The number of benzene rings is 2. The van der Waals surface area contributed by atoms with Gasteiger partial charge in [0.1, 0.15) is 29.4 Å². The largest absolute Gasteiger partial charge is 0.494 e. The van der Waals surface area contributed by atoms with Crippen molar-refractivity contribution in [2.24, 2.45) is 7.05 Å². The summed E-state index contributed by atoms with van der Waals surface area (Å²) in [6.45, 7) is 7.82. The predicted octanol–water partition coefficient (Wildman–Crippen LogP) is 4.00. The summed E-state index contributed by atoms with van der Waals surface area (Å²) in [6, 6.07) is 13.1. The number of hydrogen-bond donors (Lipinski definition) is 1. The summed E-state index contributed by atoms with van der Waals surface area (Å²) in [5, 5.41) is 3.90. The van der Waals surface area contributed by atoms with Crippen molar-refractivity contribution in [2.75, 3.05) is 62.6 Å². The molecule has 1 amide bonds. The van der Waals surface area contributed by atoms with Crippen molar-refractivity contribution in [2.45, 2.75) is 6.92 Å². The Morgan fingerprint density at radius 1 is 1.17 bits per heavy atom. The fraction of sp³-hybridized carbons (Fsp3) is 0.290. The fourth-order valence-corrected chi connectivity index (χ4v) is 5.04. The van der Waals surface area contributed by atoms with Gasteiger partial charge in [0.25, 0.3) is 11.5 Å². The molecule has 1 N–H and O–H groups in total. The number of rotatable bonds is 9. The summed E-state index contributed by atoms with van der Waals surface area (Å²) < 4.78 is 12.9. The molecule has 0 atom stereocenters. The maximum absolute atomic E-state index is 13.7. The van der Waals surface area contributed by atoms with Gasteiger partial charge >= 0.3 is 0 Å². The third-order valence-electron chi connectivity index (χ3n) is 7.21. The van der Waals surface area contributed by atoms with E-state index in [1.807, 2.05) is 67.2 Å². The smallest absolute Gasteiger partial charge is 0.275 e. The lowest BCUT2D eigenvalue weighted by molar-refractivity contribution is -0.114. The quantitative estimate of drug-likeness (QED) is 0.300. The van der Waals surface area contributed by atoms with Crippen LogP contribution in [0.2, 0.25) is 0 Å². The SMILES string of the molecule is C=CC(=O)N1CCN(c2cc3cnc(Nc4ccc(OCCN(C)C)cc4OC)nc3n(C)c2=O)c2cccc(C)c21. The van der Waals surface area contributed by atoms with Crippen molar-refractivity contribution >= 4 is 45.6 Å². The van der Waals surface area contributed by atoms with Gasteiger partial charge in [-0.25, -0.2) is 4.98 Å².